The molecule has 0 radical (unpaired) electrons. The number of ether oxygens (including phenoxy) is 1. The van der Waals surface area contributed by atoms with Crippen LogP contribution in [0.5, 0.6) is 5.75 Å². The first-order valence-corrected chi connectivity index (χ1v) is 9.33. The van der Waals surface area contributed by atoms with Crippen LogP contribution in [0.4, 0.5) is 8.78 Å². The molecule has 27 heavy (non-hydrogen) atoms. The van der Waals surface area contributed by atoms with E-state index in [0.29, 0.717) is 17.3 Å². The molecule has 0 saturated carbocycles. The third kappa shape index (κ3) is 4.58. The van der Waals surface area contributed by atoms with E-state index in [1.54, 1.807) is 12.3 Å². The average Bonchev–Trinajstić information content (AvgIpc) is 2.66. The standard InChI is InChI=1S/C19H14F2N2O3S/c20-15-8-9-16(21)18(13-15)27(24,25)23-11-1-2-12-26-17-7-3-5-14-6-4-10-22-19(14)17/h3-10,13,23H,11-12H2. The normalized spacial score (nSPS) is 11.0. The number of nitrogens with one attached hydrogen (secondary N) is 1. The number of hydrogen-bond donors (Lipinski definition) is 1. The highest BCUT2D eigenvalue weighted by Crippen LogP contribution is 2.22. The van der Waals surface area contributed by atoms with E-state index < -0.39 is 26.6 Å². The maximum Gasteiger partial charge on any atom is 0.244 e. The first-order valence-electron chi connectivity index (χ1n) is 7.84. The summed E-state index contributed by atoms with van der Waals surface area (Å²) >= 11 is 0. The van der Waals surface area contributed by atoms with Gasteiger partial charge in [-0.15, -0.1) is 0 Å². The number of nitrogens with zero attached hydrogens (tertiary/aromatic N) is 1. The second kappa shape index (κ2) is 8.12. The monoisotopic (exact) mass is 388 g/mol. The summed E-state index contributed by atoms with van der Waals surface area (Å²) in [6.07, 6.45) is 1.65. The summed E-state index contributed by atoms with van der Waals surface area (Å²) in [4.78, 5) is 3.48. The molecule has 0 saturated heterocycles. The van der Waals surface area contributed by atoms with E-state index in [0.717, 1.165) is 17.5 Å². The molecular weight excluding hydrogens is 374 g/mol. The number of halogens is 2. The van der Waals surface area contributed by atoms with Gasteiger partial charge in [-0.1, -0.05) is 30.0 Å². The molecule has 1 aromatic heterocycles. The average molecular weight is 388 g/mol. The predicted molar refractivity (Wildman–Crippen MR) is 96.6 cm³/mol. The molecule has 5 nitrogen and oxygen atoms in total. The van der Waals surface area contributed by atoms with Crippen molar-refractivity contribution in [2.24, 2.45) is 0 Å². The maximum absolute atomic E-state index is 13.6. The minimum atomic E-state index is -4.20. The van der Waals surface area contributed by atoms with Crippen molar-refractivity contribution in [3.05, 3.63) is 66.4 Å². The summed E-state index contributed by atoms with van der Waals surface area (Å²) in [6, 6.07) is 11.4. The quantitative estimate of drug-likeness (QED) is 0.683. The van der Waals surface area contributed by atoms with Crippen LogP contribution in [-0.4, -0.2) is 26.6 Å². The summed E-state index contributed by atoms with van der Waals surface area (Å²) in [5.41, 5.74) is 0.698. The van der Waals surface area contributed by atoms with Crippen molar-refractivity contribution >= 4 is 20.9 Å². The van der Waals surface area contributed by atoms with Crippen LogP contribution in [0.3, 0.4) is 0 Å². The summed E-state index contributed by atoms with van der Waals surface area (Å²) in [5, 5.41) is 0.924. The van der Waals surface area contributed by atoms with Crippen LogP contribution in [0.1, 0.15) is 0 Å². The lowest BCUT2D eigenvalue weighted by atomic mass is 10.2. The van der Waals surface area contributed by atoms with E-state index >= 15 is 0 Å². The fourth-order valence-electron chi connectivity index (χ4n) is 2.31. The van der Waals surface area contributed by atoms with Crippen molar-refractivity contribution in [3.8, 4) is 17.6 Å². The Morgan fingerprint density at radius 2 is 1.89 bits per heavy atom. The van der Waals surface area contributed by atoms with Gasteiger partial charge >= 0.3 is 0 Å². The van der Waals surface area contributed by atoms with Gasteiger partial charge in [-0.3, -0.25) is 4.98 Å². The third-order valence-electron chi connectivity index (χ3n) is 3.55. The molecule has 0 bridgehead atoms. The minimum Gasteiger partial charge on any atom is -0.479 e. The predicted octanol–water partition coefficient (Wildman–Crippen LogP) is 2.87. The number of sulfonamides is 1. The van der Waals surface area contributed by atoms with E-state index in [-0.39, 0.29) is 13.2 Å². The topological polar surface area (TPSA) is 68.3 Å². The smallest absolute Gasteiger partial charge is 0.244 e. The third-order valence-corrected chi connectivity index (χ3v) is 4.97. The van der Waals surface area contributed by atoms with E-state index in [9.17, 15) is 17.2 Å². The number of hydrogen-bond acceptors (Lipinski definition) is 4. The van der Waals surface area contributed by atoms with Gasteiger partial charge in [0.15, 0.2) is 0 Å². The number of aromatic nitrogens is 1. The zero-order chi connectivity index (χ0) is 19.3. The SMILES string of the molecule is O=S(=O)(NCC#CCOc1cccc2cccnc12)c1cc(F)ccc1F. The highest BCUT2D eigenvalue weighted by Gasteiger charge is 2.18. The Labute approximate surface area is 155 Å². The molecule has 3 rings (SSSR count). The van der Waals surface area contributed by atoms with E-state index in [4.69, 9.17) is 4.74 Å². The van der Waals surface area contributed by atoms with Gasteiger partial charge in [-0.25, -0.2) is 17.2 Å². The molecule has 0 amide bonds. The second-order valence-electron chi connectivity index (χ2n) is 5.37. The summed E-state index contributed by atoms with van der Waals surface area (Å²) < 4.78 is 58.3. The largest absolute Gasteiger partial charge is 0.479 e. The van der Waals surface area contributed by atoms with Crippen LogP contribution < -0.4 is 9.46 Å². The lowest BCUT2D eigenvalue weighted by molar-refractivity contribution is 0.374. The van der Waals surface area contributed by atoms with Gasteiger partial charge < -0.3 is 4.74 Å². The Balaban J connectivity index is 1.59. The summed E-state index contributed by atoms with van der Waals surface area (Å²) in [5.74, 6) is 3.89. The molecule has 0 fully saturated rings. The highest BCUT2D eigenvalue weighted by molar-refractivity contribution is 7.89. The lowest BCUT2D eigenvalue weighted by Gasteiger charge is -2.06. The fourth-order valence-corrected chi connectivity index (χ4v) is 3.32. The number of para-hydroxylation sites is 1. The van der Waals surface area contributed by atoms with Gasteiger partial charge in [-0.05, 0) is 30.3 Å². The van der Waals surface area contributed by atoms with Crippen molar-refractivity contribution in [1.29, 1.82) is 0 Å². The van der Waals surface area contributed by atoms with Gasteiger partial charge in [0.25, 0.3) is 0 Å². The van der Waals surface area contributed by atoms with Crippen LogP contribution in [0, 0.1) is 23.5 Å². The Bertz CT molecular complexity index is 1130. The van der Waals surface area contributed by atoms with Gasteiger partial charge in [0, 0.05) is 11.6 Å². The molecule has 0 unspecified atom stereocenters. The molecule has 138 valence electrons. The molecule has 0 aliphatic rings. The first kappa shape index (κ1) is 18.8. The fraction of sp³-hybridized carbons (Fsp3) is 0.105. The van der Waals surface area contributed by atoms with Crippen molar-refractivity contribution in [1.82, 2.24) is 9.71 Å². The molecule has 3 aromatic rings. The summed E-state index contributed by atoms with van der Waals surface area (Å²) in [7, 11) is -4.20. The van der Waals surface area contributed by atoms with Crippen LogP contribution >= 0.6 is 0 Å². The van der Waals surface area contributed by atoms with Gasteiger partial charge in [0.05, 0.1) is 6.54 Å². The van der Waals surface area contributed by atoms with Crippen molar-refractivity contribution < 1.29 is 21.9 Å². The molecule has 1 N–H and O–H groups in total. The number of rotatable bonds is 5. The molecule has 2 aromatic carbocycles. The van der Waals surface area contributed by atoms with Crippen LogP contribution in [0.15, 0.2) is 59.6 Å². The van der Waals surface area contributed by atoms with Crippen LogP contribution in [0.25, 0.3) is 10.9 Å². The molecule has 0 atom stereocenters. The second-order valence-corrected chi connectivity index (χ2v) is 7.11. The first-order chi connectivity index (χ1) is 13.0. The number of pyridine rings is 1. The van der Waals surface area contributed by atoms with E-state index in [1.807, 2.05) is 24.3 Å². The Morgan fingerprint density at radius 3 is 2.74 bits per heavy atom. The Kier molecular flexibility index (Phi) is 5.64. The molecular formula is C19H14F2N2O3S. The zero-order valence-corrected chi connectivity index (χ0v) is 14.8. The van der Waals surface area contributed by atoms with Crippen molar-refractivity contribution in [3.63, 3.8) is 0 Å². The lowest BCUT2D eigenvalue weighted by Crippen LogP contribution is -2.25. The van der Waals surface area contributed by atoms with E-state index in [2.05, 4.69) is 21.5 Å². The highest BCUT2D eigenvalue weighted by atomic mass is 32.2. The molecule has 0 aliphatic heterocycles. The van der Waals surface area contributed by atoms with Crippen LogP contribution in [-0.2, 0) is 10.0 Å². The van der Waals surface area contributed by atoms with E-state index in [1.165, 1.54) is 0 Å². The molecule has 0 aliphatic carbocycles. The van der Waals surface area contributed by atoms with Crippen molar-refractivity contribution in [2.45, 2.75) is 4.90 Å². The van der Waals surface area contributed by atoms with Crippen LogP contribution in [0.2, 0.25) is 0 Å². The van der Waals surface area contributed by atoms with Crippen molar-refractivity contribution in [2.75, 3.05) is 13.2 Å². The number of fused-ring (bicyclic) bond motifs is 1. The maximum atomic E-state index is 13.6. The minimum absolute atomic E-state index is 0.0196. The Morgan fingerprint density at radius 1 is 1.07 bits per heavy atom. The summed E-state index contributed by atoms with van der Waals surface area (Å²) in [6.45, 7) is -0.249. The van der Waals surface area contributed by atoms with Gasteiger partial charge in [0.1, 0.15) is 34.4 Å². The molecule has 1 heterocycles. The zero-order valence-electron chi connectivity index (χ0n) is 13.9. The Hall–Kier alpha value is -3.02. The van der Waals surface area contributed by atoms with Gasteiger partial charge in [-0.2, -0.15) is 4.72 Å². The molecule has 0 spiro atoms. The molecule has 8 heteroatoms. The van der Waals surface area contributed by atoms with Gasteiger partial charge in [0.2, 0.25) is 10.0 Å². The number of benzene rings is 2.